The SMILES string of the molecule is Cc1cc(C)c(C)c(S(=O)(=O)N2CCC(C(=O)OCC(=O)N3C(C)CCCC3C)CC2)c1C. The van der Waals surface area contributed by atoms with Gasteiger partial charge in [0.1, 0.15) is 0 Å². The lowest BCUT2D eigenvalue weighted by Crippen LogP contribution is -2.49. The van der Waals surface area contributed by atoms with Crippen LogP contribution in [-0.2, 0) is 24.3 Å². The summed E-state index contributed by atoms with van der Waals surface area (Å²) >= 11 is 0. The van der Waals surface area contributed by atoms with Gasteiger partial charge >= 0.3 is 5.97 Å². The van der Waals surface area contributed by atoms with Gasteiger partial charge in [0, 0.05) is 25.2 Å². The lowest BCUT2D eigenvalue weighted by Gasteiger charge is -2.39. The summed E-state index contributed by atoms with van der Waals surface area (Å²) in [6.45, 7) is 11.9. The molecule has 0 N–H and O–H groups in total. The van der Waals surface area contributed by atoms with Crippen molar-refractivity contribution in [1.82, 2.24) is 9.21 Å². The largest absolute Gasteiger partial charge is 0.455 e. The number of sulfonamides is 1. The van der Waals surface area contributed by atoms with E-state index in [1.807, 2.05) is 52.5 Å². The maximum absolute atomic E-state index is 13.4. The Labute approximate surface area is 198 Å². The van der Waals surface area contributed by atoms with Crippen LogP contribution in [-0.4, -0.2) is 61.3 Å². The van der Waals surface area contributed by atoms with Crippen LogP contribution in [0.15, 0.2) is 11.0 Å². The minimum Gasteiger partial charge on any atom is -0.455 e. The zero-order valence-corrected chi connectivity index (χ0v) is 21.6. The summed E-state index contributed by atoms with van der Waals surface area (Å²) in [5.74, 6) is -0.942. The highest BCUT2D eigenvalue weighted by molar-refractivity contribution is 7.89. The Hall–Kier alpha value is -1.93. The standard InChI is InChI=1S/C25H38N2O5S/c1-16-14-17(2)21(6)24(20(16)5)33(30,31)26-12-10-22(11-13-26)25(29)32-15-23(28)27-18(3)8-7-9-19(27)4/h14,18-19,22H,7-13,15H2,1-6H3. The average molecular weight is 479 g/mol. The first kappa shape index (κ1) is 25.7. The Morgan fingerprint density at radius 3 is 1.97 bits per heavy atom. The maximum atomic E-state index is 13.4. The van der Waals surface area contributed by atoms with Gasteiger partial charge in [-0.1, -0.05) is 6.07 Å². The number of nitrogens with zero attached hydrogens (tertiary/aromatic N) is 2. The van der Waals surface area contributed by atoms with Crippen molar-refractivity contribution >= 4 is 21.9 Å². The zero-order valence-electron chi connectivity index (χ0n) is 20.8. The van der Waals surface area contributed by atoms with E-state index in [1.54, 1.807) is 0 Å². The van der Waals surface area contributed by atoms with Crippen molar-refractivity contribution < 1.29 is 22.7 Å². The normalized spacial score (nSPS) is 22.9. The van der Waals surface area contributed by atoms with E-state index in [0.717, 1.165) is 41.5 Å². The van der Waals surface area contributed by atoms with Crippen LogP contribution in [0.25, 0.3) is 0 Å². The first-order valence-electron chi connectivity index (χ1n) is 12.0. The summed E-state index contributed by atoms with van der Waals surface area (Å²) in [4.78, 5) is 27.5. The van der Waals surface area contributed by atoms with Crippen LogP contribution in [0.3, 0.4) is 0 Å². The van der Waals surface area contributed by atoms with Crippen molar-refractivity contribution in [3.63, 3.8) is 0 Å². The Morgan fingerprint density at radius 1 is 0.939 bits per heavy atom. The second kappa shape index (κ2) is 10.1. The molecule has 184 valence electrons. The van der Waals surface area contributed by atoms with Gasteiger partial charge < -0.3 is 9.64 Å². The van der Waals surface area contributed by atoms with E-state index in [-0.39, 0.29) is 43.6 Å². The third kappa shape index (κ3) is 5.27. The molecule has 0 saturated carbocycles. The molecule has 1 aromatic carbocycles. The molecule has 2 aliphatic rings. The molecule has 1 aromatic rings. The van der Waals surface area contributed by atoms with Gasteiger partial charge in [-0.2, -0.15) is 4.31 Å². The molecule has 2 aliphatic heterocycles. The number of benzene rings is 1. The molecule has 1 amide bonds. The van der Waals surface area contributed by atoms with Crippen LogP contribution in [0.2, 0.25) is 0 Å². The van der Waals surface area contributed by atoms with Gasteiger partial charge in [0.2, 0.25) is 10.0 Å². The van der Waals surface area contributed by atoms with Crippen LogP contribution >= 0.6 is 0 Å². The highest BCUT2D eigenvalue weighted by Gasteiger charge is 2.35. The molecule has 2 fully saturated rings. The number of ether oxygens (including phenoxy) is 1. The predicted molar refractivity (Wildman–Crippen MR) is 127 cm³/mol. The first-order valence-corrected chi connectivity index (χ1v) is 13.4. The van der Waals surface area contributed by atoms with Crippen LogP contribution in [0.1, 0.15) is 68.2 Å². The van der Waals surface area contributed by atoms with Crippen molar-refractivity contribution in [1.29, 1.82) is 0 Å². The lowest BCUT2D eigenvalue weighted by molar-refractivity contribution is -0.158. The van der Waals surface area contributed by atoms with Crippen LogP contribution in [0.5, 0.6) is 0 Å². The molecule has 0 aromatic heterocycles. The number of carbonyl (C=O) groups excluding carboxylic acids is 2. The van der Waals surface area contributed by atoms with Gasteiger partial charge in [0.05, 0.1) is 10.8 Å². The molecule has 0 bridgehead atoms. The Balaban J connectivity index is 1.60. The van der Waals surface area contributed by atoms with Crippen LogP contribution in [0.4, 0.5) is 0 Å². The predicted octanol–water partition coefficient (Wildman–Crippen LogP) is 3.65. The van der Waals surface area contributed by atoms with Crippen molar-refractivity contribution in [2.75, 3.05) is 19.7 Å². The van der Waals surface area contributed by atoms with Gasteiger partial charge in [0.15, 0.2) is 6.61 Å². The molecule has 33 heavy (non-hydrogen) atoms. The zero-order chi connectivity index (χ0) is 24.5. The summed E-state index contributed by atoms with van der Waals surface area (Å²) in [7, 11) is -3.65. The summed E-state index contributed by atoms with van der Waals surface area (Å²) in [6.07, 6.45) is 3.83. The van der Waals surface area contributed by atoms with Gasteiger partial charge in [-0.3, -0.25) is 9.59 Å². The molecule has 3 rings (SSSR count). The maximum Gasteiger partial charge on any atom is 0.309 e. The number of carbonyl (C=O) groups is 2. The summed E-state index contributed by atoms with van der Waals surface area (Å²) < 4.78 is 33.7. The quantitative estimate of drug-likeness (QED) is 0.603. The number of hydrogen-bond donors (Lipinski definition) is 0. The van der Waals surface area contributed by atoms with E-state index in [9.17, 15) is 18.0 Å². The third-order valence-corrected chi connectivity index (χ3v) is 9.68. The molecule has 2 unspecified atom stereocenters. The fourth-order valence-electron chi connectivity index (χ4n) is 5.27. The Morgan fingerprint density at radius 2 is 1.45 bits per heavy atom. The number of aryl methyl sites for hydroxylation is 2. The molecule has 7 nitrogen and oxygen atoms in total. The Bertz CT molecular complexity index is 976. The van der Waals surface area contributed by atoms with Crippen molar-refractivity contribution in [2.45, 2.75) is 90.6 Å². The van der Waals surface area contributed by atoms with E-state index in [2.05, 4.69) is 0 Å². The number of hydrogen-bond acceptors (Lipinski definition) is 5. The second-order valence-corrected chi connectivity index (χ2v) is 11.7. The van der Waals surface area contributed by atoms with E-state index >= 15 is 0 Å². The minimum absolute atomic E-state index is 0.149. The molecule has 2 heterocycles. The van der Waals surface area contributed by atoms with E-state index in [1.165, 1.54) is 4.31 Å². The molecule has 0 radical (unpaired) electrons. The average Bonchev–Trinajstić information content (AvgIpc) is 2.76. The fourth-order valence-corrected chi connectivity index (χ4v) is 7.31. The molecule has 2 atom stereocenters. The summed E-state index contributed by atoms with van der Waals surface area (Å²) in [6, 6.07) is 2.33. The fraction of sp³-hybridized carbons (Fsp3) is 0.680. The number of likely N-dealkylation sites (tertiary alicyclic amines) is 1. The molecule has 2 saturated heterocycles. The topological polar surface area (TPSA) is 84.0 Å². The third-order valence-electron chi connectivity index (χ3n) is 7.50. The lowest BCUT2D eigenvalue weighted by atomic mass is 9.97. The molecule has 0 aliphatic carbocycles. The van der Waals surface area contributed by atoms with E-state index in [0.29, 0.717) is 17.7 Å². The number of esters is 1. The Kier molecular flexibility index (Phi) is 7.89. The molecule has 8 heteroatoms. The van der Waals surface area contributed by atoms with Crippen molar-refractivity contribution in [2.24, 2.45) is 5.92 Å². The monoisotopic (exact) mass is 478 g/mol. The second-order valence-electron chi connectivity index (χ2n) is 9.81. The number of amides is 1. The van der Waals surface area contributed by atoms with Crippen molar-refractivity contribution in [3.05, 3.63) is 28.3 Å². The number of rotatable bonds is 5. The van der Waals surface area contributed by atoms with Crippen molar-refractivity contribution in [3.8, 4) is 0 Å². The summed E-state index contributed by atoms with van der Waals surface area (Å²) in [5.41, 5.74) is 3.47. The smallest absolute Gasteiger partial charge is 0.309 e. The van der Waals surface area contributed by atoms with Crippen LogP contribution < -0.4 is 0 Å². The first-order chi connectivity index (χ1) is 15.4. The molecular weight excluding hydrogens is 440 g/mol. The van der Waals surface area contributed by atoms with E-state index in [4.69, 9.17) is 4.74 Å². The summed E-state index contributed by atoms with van der Waals surface area (Å²) in [5, 5.41) is 0. The highest BCUT2D eigenvalue weighted by atomic mass is 32.2. The minimum atomic E-state index is -3.65. The highest BCUT2D eigenvalue weighted by Crippen LogP contribution is 2.31. The van der Waals surface area contributed by atoms with Gasteiger partial charge in [-0.25, -0.2) is 8.42 Å². The van der Waals surface area contributed by atoms with Gasteiger partial charge in [-0.15, -0.1) is 0 Å². The van der Waals surface area contributed by atoms with Gasteiger partial charge in [0.25, 0.3) is 5.91 Å². The number of piperidine rings is 2. The molecule has 0 spiro atoms. The van der Waals surface area contributed by atoms with E-state index < -0.39 is 16.0 Å². The van der Waals surface area contributed by atoms with Crippen LogP contribution in [0, 0.1) is 33.6 Å². The molecular formula is C25H38N2O5S. The van der Waals surface area contributed by atoms with Gasteiger partial charge in [-0.05, 0) is 95.9 Å².